The van der Waals surface area contributed by atoms with Crippen molar-refractivity contribution in [3.8, 4) is 0 Å². The fourth-order valence-electron chi connectivity index (χ4n) is 0.738. The number of rotatable bonds is 3. The summed E-state index contributed by atoms with van der Waals surface area (Å²) in [6.45, 7) is 9.20. The molecular formula is C10H19NO2. The molecule has 0 saturated carbocycles. The van der Waals surface area contributed by atoms with Gasteiger partial charge in [0.2, 0.25) is 0 Å². The van der Waals surface area contributed by atoms with E-state index in [-0.39, 0.29) is 11.6 Å². The number of hydrogen-bond donors (Lipinski definition) is 1. The minimum absolute atomic E-state index is 0.0187. The van der Waals surface area contributed by atoms with E-state index in [1.807, 2.05) is 13.8 Å². The van der Waals surface area contributed by atoms with Gasteiger partial charge in [-0.2, -0.15) is 0 Å². The van der Waals surface area contributed by atoms with Gasteiger partial charge < -0.3 is 4.74 Å². The predicted octanol–water partition coefficient (Wildman–Crippen LogP) is 2.39. The second kappa shape index (κ2) is 4.40. The number of carbonyl (C=O) groups is 1. The molecule has 1 atom stereocenters. The smallest absolute Gasteiger partial charge is 0.352 e. The maximum atomic E-state index is 11.3. The van der Waals surface area contributed by atoms with Crippen LogP contribution in [-0.4, -0.2) is 17.3 Å². The van der Waals surface area contributed by atoms with E-state index in [0.717, 1.165) is 6.42 Å². The van der Waals surface area contributed by atoms with Gasteiger partial charge in [0, 0.05) is 5.92 Å². The molecule has 0 spiro atoms. The summed E-state index contributed by atoms with van der Waals surface area (Å²) in [7, 11) is 0. The third-order valence-electron chi connectivity index (χ3n) is 1.72. The topological polar surface area (TPSA) is 50.2 Å². The molecular weight excluding hydrogens is 166 g/mol. The van der Waals surface area contributed by atoms with Crippen LogP contribution in [0.2, 0.25) is 0 Å². The first-order valence-corrected chi connectivity index (χ1v) is 4.59. The zero-order valence-corrected chi connectivity index (χ0v) is 9.10. The lowest BCUT2D eigenvalue weighted by molar-refractivity contribution is -0.146. The summed E-state index contributed by atoms with van der Waals surface area (Å²) < 4.78 is 5.06. The molecule has 1 N–H and O–H groups in total. The van der Waals surface area contributed by atoms with Crippen molar-refractivity contribution in [3.63, 3.8) is 0 Å². The van der Waals surface area contributed by atoms with Gasteiger partial charge in [-0.1, -0.05) is 13.8 Å². The Labute approximate surface area is 80.0 Å². The second-order valence-electron chi connectivity index (χ2n) is 4.22. The van der Waals surface area contributed by atoms with Crippen LogP contribution in [0.3, 0.4) is 0 Å². The summed E-state index contributed by atoms with van der Waals surface area (Å²) in [5.74, 6) is -0.517. The van der Waals surface area contributed by atoms with Crippen LogP contribution in [0.15, 0.2) is 0 Å². The van der Waals surface area contributed by atoms with E-state index in [1.165, 1.54) is 0 Å². The Hall–Kier alpha value is -0.860. The molecule has 0 aliphatic carbocycles. The highest BCUT2D eigenvalue weighted by molar-refractivity contribution is 6.35. The third kappa shape index (κ3) is 4.65. The van der Waals surface area contributed by atoms with E-state index in [9.17, 15) is 4.79 Å². The summed E-state index contributed by atoms with van der Waals surface area (Å²) in [6.07, 6.45) is 0.790. The first-order valence-electron chi connectivity index (χ1n) is 4.59. The number of hydrogen-bond acceptors (Lipinski definition) is 3. The summed E-state index contributed by atoms with van der Waals surface area (Å²) in [5.41, 5.74) is -0.436. The molecule has 0 aliphatic rings. The summed E-state index contributed by atoms with van der Waals surface area (Å²) in [6, 6.07) is 0. The highest BCUT2D eigenvalue weighted by atomic mass is 16.6. The summed E-state index contributed by atoms with van der Waals surface area (Å²) in [4.78, 5) is 11.3. The lowest BCUT2D eigenvalue weighted by Crippen LogP contribution is -2.31. The Bertz CT molecular complexity index is 203. The van der Waals surface area contributed by atoms with E-state index in [0.29, 0.717) is 0 Å². The van der Waals surface area contributed by atoms with E-state index in [1.54, 1.807) is 20.8 Å². The molecule has 76 valence electrons. The SMILES string of the molecule is CCC(C)C(=N)C(=O)OC(C)(C)C. The van der Waals surface area contributed by atoms with Gasteiger partial charge in [0.05, 0.1) is 0 Å². The van der Waals surface area contributed by atoms with Crippen molar-refractivity contribution < 1.29 is 9.53 Å². The zero-order chi connectivity index (χ0) is 10.6. The molecule has 1 unspecified atom stereocenters. The monoisotopic (exact) mass is 185 g/mol. The second-order valence-corrected chi connectivity index (χ2v) is 4.22. The van der Waals surface area contributed by atoms with Gasteiger partial charge in [0.15, 0.2) is 0 Å². The fraction of sp³-hybridized carbons (Fsp3) is 0.800. The van der Waals surface area contributed by atoms with Crippen LogP contribution in [0.5, 0.6) is 0 Å². The molecule has 0 radical (unpaired) electrons. The van der Waals surface area contributed by atoms with E-state index < -0.39 is 11.6 Å². The van der Waals surface area contributed by atoms with Crippen LogP contribution in [0.25, 0.3) is 0 Å². The quantitative estimate of drug-likeness (QED) is 0.542. The molecule has 0 aromatic carbocycles. The standard InChI is InChI=1S/C10H19NO2/c1-6-7(2)8(11)9(12)13-10(3,4)5/h7,11H,6H2,1-5H3. The van der Waals surface area contributed by atoms with Gasteiger partial charge in [-0.15, -0.1) is 0 Å². The van der Waals surface area contributed by atoms with Crippen LogP contribution >= 0.6 is 0 Å². The Morgan fingerprint density at radius 1 is 1.46 bits per heavy atom. The lowest BCUT2D eigenvalue weighted by atomic mass is 10.0. The van der Waals surface area contributed by atoms with Crippen molar-refractivity contribution in [3.05, 3.63) is 0 Å². The number of esters is 1. The van der Waals surface area contributed by atoms with Crippen LogP contribution in [-0.2, 0) is 9.53 Å². The first kappa shape index (κ1) is 12.1. The van der Waals surface area contributed by atoms with Crippen LogP contribution in [0, 0.1) is 11.3 Å². The molecule has 0 aliphatic heterocycles. The Kier molecular flexibility index (Phi) is 4.11. The van der Waals surface area contributed by atoms with Gasteiger partial charge in [-0.05, 0) is 27.2 Å². The van der Waals surface area contributed by atoms with Crippen LogP contribution < -0.4 is 0 Å². The zero-order valence-electron chi connectivity index (χ0n) is 9.10. The highest BCUT2D eigenvalue weighted by Gasteiger charge is 2.22. The molecule has 0 fully saturated rings. The third-order valence-corrected chi connectivity index (χ3v) is 1.72. The maximum absolute atomic E-state index is 11.3. The average Bonchev–Trinajstić information content (AvgIpc) is 1.98. The number of ether oxygens (including phenoxy) is 1. The number of carbonyl (C=O) groups excluding carboxylic acids is 1. The van der Waals surface area contributed by atoms with Crippen LogP contribution in [0.4, 0.5) is 0 Å². The maximum Gasteiger partial charge on any atom is 0.352 e. The molecule has 0 saturated heterocycles. The van der Waals surface area contributed by atoms with Crippen molar-refractivity contribution in [2.75, 3.05) is 0 Å². The van der Waals surface area contributed by atoms with Crippen molar-refractivity contribution >= 4 is 11.7 Å². The van der Waals surface area contributed by atoms with E-state index >= 15 is 0 Å². The molecule has 0 heterocycles. The molecule has 0 amide bonds. The van der Waals surface area contributed by atoms with Crippen molar-refractivity contribution in [1.29, 1.82) is 5.41 Å². The molecule has 0 aromatic heterocycles. The van der Waals surface area contributed by atoms with Crippen LogP contribution in [0.1, 0.15) is 41.0 Å². The van der Waals surface area contributed by atoms with Gasteiger partial charge >= 0.3 is 5.97 Å². The Balaban J connectivity index is 4.21. The first-order chi connectivity index (χ1) is 5.78. The molecule has 3 nitrogen and oxygen atoms in total. The normalized spacial score (nSPS) is 13.6. The predicted molar refractivity (Wildman–Crippen MR) is 53.0 cm³/mol. The van der Waals surface area contributed by atoms with Gasteiger partial charge in [0.25, 0.3) is 0 Å². The molecule has 0 rings (SSSR count). The molecule has 0 bridgehead atoms. The Morgan fingerprint density at radius 2 is 1.92 bits per heavy atom. The minimum Gasteiger partial charge on any atom is -0.455 e. The largest absolute Gasteiger partial charge is 0.455 e. The van der Waals surface area contributed by atoms with Crippen molar-refractivity contribution in [1.82, 2.24) is 0 Å². The molecule has 3 heteroatoms. The molecule has 0 aromatic rings. The summed E-state index contributed by atoms with van der Waals surface area (Å²) in [5, 5.41) is 7.51. The minimum atomic E-state index is -0.503. The highest BCUT2D eigenvalue weighted by Crippen LogP contribution is 2.11. The summed E-state index contributed by atoms with van der Waals surface area (Å²) >= 11 is 0. The molecule has 13 heavy (non-hydrogen) atoms. The van der Waals surface area contributed by atoms with E-state index in [4.69, 9.17) is 10.1 Å². The van der Waals surface area contributed by atoms with Crippen molar-refractivity contribution in [2.24, 2.45) is 5.92 Å². The van der Waals surface area contributed by atoms with Gasteiger partial charge in [-0.3, -0.25) is 5.41 Å². The lowest BCUT2D eigenvalue weighted by Gasteiger charge is -2.20. The number of nitrogens with one attached hydrogen (secondary N) is 1. The fourth-order valence-corrected chi connectivity index (χ4v) is 0.738. The van der Waals surface area contributed by atoms with Crippen molar-refractivity contribution in [2.45, 2.75) is 46.6 Å². The van der Waals surface area contributed by atoms with Gasteiger partial charge in [-0.25, -0.2) is 4.79 Å². The Morgan fingerprint density at radius 3 is 2.23 bits per heavy atom. The van der Waals surface area contributed by atoms with Gasteiger partial charge in [0.1, 0.15) is 11.3 Å². The van der Waals surface area contributed by atoms with E-state index in [2.05, 4.69) is 0 Å². The average molecular weight is 185 g/mol.